The molecule has 1 aliphatic heterocycles. The second kappa shape index (κ2) is 6.88. The van der Waals surface area contributed by atoms with Crippen molar-refractivity contribution in [2.45, 2.75) is 19.0 Å². The van der Waals surface area contributed by atoms with Crippen molar-refractivity contribution in [3.05, 3.63) is 68.7 Å². The van der Waals surface area contributed by atoms with Gasteiger partial charge in [0, 0.05) is 22.7 Å². The number of halogens is 1. The highest BCUT2D eigenvalue weighted by Gasteiger charge is 2.49. The molecule has 0 unspecified atom stereocenters. The van der Waals surface area contributed by atoms with Gasteiger partial charge in [0.05, 0.1) is 18.6 Å². The van der Waals surface area contributed by atoms with Gasteiger partial charge in [-0.3, -0.25) is 19.8 Å². The first kappa shape index (κ1) is 18.7. The van der Waals surface area contributed by atoms with Crippen LogP contribution in [-0.2, 0) is 16.9 Å². The number of nitrogens with zero attached hydrogens (tertiary/aromatic N) is 2. The van der Waals surface area contributed by atoms with Crippen LogP contribution in [0.4, 0.5) is 10.5 Å². The Hall–Kier alpha value is -3.13. The summed E-state index contributed by atoms with van der Waals surface area (Å²) in [5, 5.41) is 13.9. The van der Waals surface area contributed by atoms with Gasteiger partial charge >= 0.3 is 6.03 Å². The molecule has 9 heteroatoms. The predicted octanol–water partition coefficient (Wildman–Crippen LogP) is 3.22. The summed E-state index contributed by atoms with van der Waals surface area (Å²) in [5.41, 5.74) is -0.383. The summed E-state index contributed by atoms with van der Waals surface area (Å²) in [5.74, 6) is 0.0346. The van der Waals surface area contributed by atoms with Crippen molar-refractivity contribution in [3.8, 4) is 5.75 Å². The molecule has 1 aliphatic rings. The lowest BCUT2D eigenvalue weighted by atomic mass is 9.92. The summed E-state index contributed by atoms with van der Waals surface area (Å²) in [7, 11) is 1.49. The molecule has 0 bridgehead atoms. The fourth-order valence-corrected chi connectivity index (χ4v) is 3.19. The van der Waals surface area contributed by atoms with Gasteiger partial charge in [0.25, 0.3) is 11.6 Å². The lowest BCUT2D eigenvalue weighted by Gasteiger charge is -2.22. The van der Waals surface area contributed by atoms with E-state index in [0.717, 1.165) is 4.90 Å². The van der Waals surface area contributed by atoms with Gasteiger partial charge in [0.2, 0.25) is 0 Å². The molecule has 0 radical (unpaired) electrons. The monoisotopic (exact) mass is 389 g/mol. The number of amides is 3. The summed E-state index contributed by atoms with van der Waals surface area (Å²) >= 11 is 6.01. The van der Waals surface area contributed by atoms with E-state index in [1.807, 2.05) is 0 Å². The third-order valence-electron chi connectivity index (χ3n) is 4.50. The zero-order valence-electron chi connectivity index (χ0n) is 14.6. The molecular formula is C18H16ClN3O5. The maximum absolute atomic E-state index is 13.0. The van der Waals surface area contributed by atoms with E-state index < -0.39 is 22.4 Å². The number of nitro benzene ring substituents is 1. The van der Waals surface area contributed by atoms with Crippen molar-refractivity contribution in [1.82, 2.24) is 10.2 Å². The smallest absolute Gasteiger partial charge is 0.325 e. The first-order valence-electron chi connectivity index (χ1n) is 7.97. The van der Waals surface area contributed by atoms with E-state index in [-0.39, 0.29) is 12.2 Å². The molecular weight excluding hydrogens is 374 g/mol. The highest BCUT2D eigenvalue weighted by atomic mass is 35.5. The second-order valence-corrected chi connectivity index (χ2v) is 6.64. The van der Waals surface area contributed by atoms with Crippen LogP contribution in [0.1, 0.15) is 18.1 Å². The molecule has 1 N–H and O–H groups in total. The Morgan fingerprint density at radius 1 is 1.22 bits per heavy atom. The average molecular weight is 390 g/mol. The fourth-order valence-electron chi connectivity index (χ4n) is 2.99. The number of hydrogen-bond acceptors (Lipinski definition) is 5. The molecule has 1 heterocycles. The average Bonchev–Trinajstić information content (AvgIpc) is 2.86. The third-order valence-corrected chi connectivity index (χ3v) is 4.74. The van der Waals surface area contributed by atoms with Crippen LogP contribution in [-0.4, -0.2) is 28.9 Å². The number of benzene rings is 2. The molecule has 0 aromatic heterocycles. The van der Waals surface area contributed by atoms with Crippen molar-refractivity contribution in [2.24, 2.45) is 0 Å². The molecule has 3 amide bonds. The predicted molar refractivity (Wildman–Crippen MR) is 97.5 cm³/mol. The van der Waals surface area contributed by atoms with E-state index in [2.05, 4.69) is 5.32 Å². The lowest BCUT2D eigenvalue weighted by molar-refractivity contribution is -0.384. The third kappa shape index (κ3) is 3.31. The molecule has 3 rings (SSSR count). The molecule has 1 fully saturated rings. The molecule has 0 aliphatic carbocycles. The summed E-state index contributed by atoms with van der Waals surface area (Å²) in [4.78, 5) is 36.8. The molecule has 1 saturated heterocycles. The number of nitro groups is 1. The van der Waals surface area contributed by atoms with Gasteiger partial charge in [-0.05, 0) is 42.8 Å². The van der Waals surface area contributed by atoms with E-state index in [4.69, 9.17) is 16.3 Å². The van der Waals surface area contributed by atoms with E-state index in [1.165, 1.54) is 31.4 Å². The zero-order chi connectivity index (χ0) is 19.8. The number of carbonyl (C=O) groups excluding carboxylic acids is 2. The van der Waals surface area contributed by atoms with Crippen LogP contribution in [0.3, 0.4) is 0 Å². The first-order valence-corrected chi connectivity index (χ1v) is 8.35. The van der Waals surface area contributed by atoms with Gasteiger partial charge in [0.1, 0.15) is 11.3 Å². The Morgan fingerprint density at radius 2 is 1.89 bits per heavy atom. The number of nitrogens with one attached hydrogen (secondary N) is 1. The minimum atomic E-state index is -1.32. The number of imide groups is 1. The number of ether oxygens (including phenoxy) is 1. The number of methoxy groups -OCH3 is 1. The summed E-state index contributed by atoms with van der Waals surface area (Å²) < 4.78 is 5.26. The Kier molecular flexibility index (Phi) is 4.75. The molecule has 140 valence electrons. The minimum absolute atomic E-state index is 0.0169. The first-order chi connectivity index (χ1) is 12.8. The van der Waals surface area contributed by atoms with Crippen LogP contribution in [0, 0.1) is 10.1 Å². The van der Waals surface area contributed by atoms with Crippen LogP contribution in [0.5, 0.6) is 5.75 Å². The van der Waals surface area contributed by atoms with Crippen LogP contribution in [0.2, 0.25) is 5.02 Å². The second-order valence-electron chi connectivity index (χ2n) is 6.21. The van der Waals surface area contributed by atoms with Crippen LogP contribution in [0.25, 0.3) is 0 Å². The molecule has 1 atom stereocenters. The Labute approximate surface area is 159 Å². The van der Waals surface area contributed by atoms with Gasteiger partial charge in [0.15, 0.2) is 0 Å². The zero-order valence-corrected chi connectivity index (χ0v) is 15.3. The normalized spacial score (nSPS) is 19.1. The molecule has 2 aromatic rings. The van der Waals surface area contributed by atoms with Gasteiger partial charge in [-0.25, -0.2) is 4.79 Å². The summed E-state index contributed by atoms with van der Waals surface area (Å²) in [6, 6.07) is 9.87. The molecule has 2 aromatic carbocycles. The maximum Gasteiger partial charge on any atom is 0.325 e. The molecule has 0 spiro atoms. The van der Waals surface area contributed by atoms with Gasteiger partial charge in [-0.2, -0.15) is 0 Å². The fraction of sp³-hybridized carbons (Fsp3) is 0.222. The van der Waals surface area contributed by atoms with Crippen molar-refractivity contribution in [3.63, 3.8) is 0 Å². The van der Waals surface area contributed by atoms with Gasteiger partial charge in [-0.15, -0.1) is 0 Å². The summed E-state index contributed by atoms with van der Waals surface area (Å²) in [6.07, 6.45) is 0. The van der Waals surface area contributed by atoms with Crippen LogP contribution >= 0.6 is 11.6 Å². The molecule has 8 nitrogen and oxygen atoms in total. The highest BCUT2D eigenvalue weighted by molar-refractivity contribution is 6.30. The number of carbonyl (C=O) groups is 2. The quantitative estimate of drug-likeness (QED) is 0.480. The van der Waals surface area contributed by atoms with E-state index in [1.54, 1.807) is 25.1 Å². The Bertz CT molecular complexity index is 931. The van der Waals surface area contributed by atoms with Gasteiger partial charge < -0.3 is 10.1 Å². The maximum atomic E-state index is 13.0. The molecule has 27 heavy (non-hydrogen) atoms. The van der Waals surface area contributed by atoms with Crippen molar-refractivity contribution in [1.29, 1.82) is 0 Å². The number of hydrogen-bond donors (Lipinski definition) is 1. The SMILES string of the molecule is COc1ccc(Cl)cc1CN1C(=O)N[C@](C)(c2ccc([N+](=O)[O-])cc2)C1=O. The van der Waals surface area contributed by atoms with Crippen LogP contribution in [0.15, 0.2) is 42.5 Å². The highest BCUT2D eigenvalue weighted by Crippen LogP contribution is 2.32. The van der Waals surface area contributed by atoms with Crippen LogP contribution < -0.4 is 10.1 Å². The largest absolute Gasteiger partial charge is 0.496 e. The number of non-ortho nitro benzene ring substituents is 1. The summed E-state index contributed by atoms with van der Waals surface area (Å²) in [6.45, 7) is 1.54. The standard InChI is InChI=1S/C18H16ClN3O5/c1-18(12-3-6-14(7-4-12)22(25)26)16(23)21(17(24)20-18)10-11-9-13(19)5-8-15(11)27-2/h3-9H,10H2,1-2H3,(H,20,24)/t18-/m1/s1. The number of rotatable bonds is 5. The Balaban J connectivity index is 1.90. The van der Waals surface area contributed by atoms with Crippen molar-refractivity contribution >= 4 is 29.2 Å². The topological polar surface area (TPSA) is 102 Å². The minimum Gasteiger partial charge on any atom is -0.496 e. The van der Waals surface area contributed by atoms with E-state index >= 15 is 0 Å². The van der Waals surface area contributed by atoms with Gasteiger partial charge in [-0.1, -0.05) is 11.6 Å². The van der Waals surface area contributed by atoms with Crippen molar-refractivity contribution < 1.29 is 19.2 Å². The molecule has 0 saturated carbocycles. The van der Waals surface area contributed by atoms with E-state index in [0.29, 0.717) is 21.9 Å². The van der Waals surface area contributed by atoms with Crippen molar-refractivity contribution in [2.75, 3.05) is 7.11 Å². The van der Waals surface area contributed by atoms with E-state index in [9.17, 15) is 19.7 Å². The Morgan fingerprint density at radius 3 is 2.48 bits per heavy atom. The lowest BCUT2D eigenvalue weighted by Crippen LogP contribution is -2.40. The number of urea groups is 1.